The summed E-state index contributed by atoms with van der Waals surface area (Å²) < 4.78 is 5.49. The fraction of sp³-hybridized carbons (Fsp3) is 0.875. The molecule has 5 nitrogen and oxygen atoms in total. The van der Waals surface area contributed by atoms with Gasteiger partial charge in [0.1, 0.15) is 0 Å². The Hall–Kier alpha value is -1.10. The van der Waals surface area contributed by atoms with Crippen molar-refractivity contribution in [2.24, 2.45) is 0 Å². The first-order chi connectivity index (χ1) is 9.95. The molecule has 2 unspecified atom stereocenters. The average Bonchev–Trinajstić information content (AvgIpc) is 2.37. The second-order valence-electron chi connectivity index (χ2n) is 5.77. The summed E-state index contributed by atoms with van der Waals surface area (Å²) in [6.07, 6.45) is 6.36. The van der Waals surface area contributed by atoms with Gasteiger partial charge in [0.2, 0.25) is 11.8 Å². The molecule has 2 N–H and O–H groups in total. The molecule has 0 aromatic carbocycles. The van der Waals surface area contributed by atoms with Crippen molar-refractivity contribution in [1.29, 1.82) is 0 Å². The monoisotopic (exact) mass is 300 g/mol. The minimum Gasteiger partial charge on any atom is -0.377 e. The van der Waals surface area contributed by atoms with Crippen molar-refractivity contribution < 1.29 is 14.3 Å². The normalized spacial score (nSPS) is 13.5. The highest BCUT2D eigenvalue weighted by Crippen LogP contribution is 2.04. The van der Waals surface area contributed by atoms with Crippen molar-refractivity contribution in [3.63, 3.8) is 0 Å². The number of carbonyl (C=O) groups excluding carboxylic acids is 2. The summed E-state index contributed by atoms with van der Waals surface area (Å²) in [5.74, 6) is 0.0352. The van der Waals surface area contributed by atoms with Crippen LogP contribution in [0, 0.1) is 0 Å². The molecule has 5 heteroatoms. The van der Waals surface area contributed by atoms with Gasteiger partial charge in [-0.2, -0.15) is 0 Å². The fourth-order valence-corrected chi connectivity index (χ4v) is 2.09. The van der Waals surface area contributed by atoms with E-state index in [-0.39, 0.29) is 23.9 Å². The van der Waals surface area contributed by atoms with Gasteiger partial charge in [-0.05, 0) is 20.3 Å². The minimum atomic E-state index is -0.0597. The Bertz CT molecular complexity index is 295. The van der Waals surface area contributed by atoms with Gasteiger partial charge in [0.05, 0.1) is 13.2 Å². The molecular weight excluding hydrogens is 268 g/mol. The van der Waals surface area contributed by atoms with Crippen LogP contribution in [-0.4, -0.2) is 37.1 Å². The Labute approximate surface area is 129 Å². The van der Waals surface area contributed by atoms with Crippen molar-refractivity contribution in [3.05, 3.63) is 0 Å². The lowest BCUT2D eigenvalue weighted by molar-refractivity contribution is -0.122. The van der Waals surface area contributed by atoms with Crippen molar-refractivity contribution in [3.8, 4) is 0 Å². The molecule has 0 rings (SSSR count). The maximum absolute atomic E-state index is 11.7. The first kappa shape index (κ1) is 19.9. The number of hydrogen-bond acceptors (Lipinski definition) is 3. The van der Waals surface area contributed by atoms with Crippen LogP contribution < -0.4 is 10.6 Å². The molecule has 0 radical (unpaired) electrons. The van der Waals surface area contributed by atoms with Crippen molar-refractivity contribution in [2.75, 3.05) is 13.2 Å². The number of nitrogens with one attached hydrogen (secondary N) is 2. The molecule has 0 saturated heterocycles. The lowest BCUT2D eigenvalue weighted by Crippen LogP contribution is -2.38. The Morgan fingerprint density at radius 1 is 0.952 bits per heavy atom. The van der Waals surface area contributed by atoms with E-state index in [4.69, 9.17) is 4.74 Å². The van der Waals surface area contributed by atoms with E-state index in [0.717, 1.165) is 12.8 Å². The van der Waals surface area contributed by atoms with Crippen LogP contribution >= 0.6 is 0 Å². The summed E-state index contributed by atoms with van der Waals surface area (Å²) in [6, 6.07) is -0.0124. The van der Waals surface area contributed by atoms with E-state index in [0.29, 0.717) is 19.6 Å². The molecule has 0 heterocycles. The fourth-order valence-electron chi connectivity index (χ4n) is 2.09. The van der Waals surface area contributed by atoms with Crippen LogP contribution in [0.1, 0.15) is 66.2 Å². The Morgan fingerprint density at radius 2 is 1.52 bits per heavy atom. The molecular formula is C16H32N2O3. The number of hydrogen-bond donors (Lipinski definition) is 2. The smallest absolute Gasteiger partial charge is 0.220 e. The molecule has 0 fully saturated rings. The topological polar surface area (TPSA) is 67.4 Å². The van der Waals surface area contributed by atoms with Gasteiger partial charge in [-0.3, -0.25) is 9.59 Å². The average molecular weight is 300 g/mol. The van der Waals surface area contributed by atoms with Crippen molar-refractivity contribution in [1.82, 2.24) is 10.6 Å². The second kappa shape index (κ2) is 12.6. The summed E-state index contributed by atoms with van der Waals surface area (Å²) in [6.45, 7) is 8.41. The second-order valence-corrected chi connectivity index (χ2v) is 5.77. The molecule has 0 aromatic heterocycles. The predicted octanol–water partition coefficient (Wildman–Crippen LogP) is 2.39. The van der Waals surface area contributed by atoms with Crippen LogP contribution in [0.15, 0.2) is 0 Å². The molecule has 0 saturated carbocycles. The summed E-state index contributed by atoms with van der Waals surface area (Å²) in [4.78, 5) is 22.5. The summed E-state index contributed by atoms with van der Waals surface area (Å²) >= 11 is 0. The first-order valence-corrected chi connectivity index (χ1v) is 8.09. The Kier molecular flexibility index (Phi) is 12.0. The van der Waals surface area contributed by atoms with E-state index in [1.807, 2.05) is 13.8 Å². The molecule has 2 amide bonds. The van der Waals surface area contributed by atoms with Crippen LogP contribution in [-0.2, 0) is 14.3 Å². The quantitative estimate of drug-likeness (QED) is 0.544. The molecule has 0 aromatic rings. The highest BCUT2D eigenvalue weighted by atomic mass is 16.5. The highest BCUT2D eigenvalue weighted by Gasteiger charge is 2.09. The molecule has 0 aliphatic carbocycles. The van der Waals surface area contributed by atoms with Gasteiger partial charge in [0.15, 0.2) is 0 Å². The summed E-state index contributed by atoms with van der Waals surface area (Å²) in [5.41, 5.74) is 0. The number of unbranched alkanes of at least 4 members (excludes halogenated alkanes) is 4. The lowest BCUT2D eigenvalue weighted by atomic mass is 10.1. The van der Waals surface area contributed by atoms with Crippen molar-refractivity contribution >= 4 is 11.8 Å². The largest absolute Gasteiger partial charge is 0.377 e. The molecule has 21 heavy (non-hydrogen) atoms. The van der Waals surface area contributed by atoms with Gasteiger partial charge in [-0.15, -0.1) is 0 Å². The van der Waals surface area contributed by atoms with Crippen molar-refractivity contribution in [2.45, 2.75) is 78.3 Å². The zero-order valence-corrected chi connectivity index (χ0v) is 14.0. The van der Waals surface area contributed by atoms with Crippen LogP contribution in [0.2, 0.25) is 0 Å². The predicted molar refractivity (Wildman–Crippen MR) is 85.1 cm³/mol. The molecule has 124 valence electrons. The Balaban J connectivity index is 3.57. The van der Waals surface area contributed by atoms with E-state index in [1.54, 1.807) is 0 Å². The molecule has 0 aliphatic rings. The first-order valence-electron chi connectivity index (χ1n) is 8.09. The van der Waals surface area contributed by atoms with E-state index < -0.39 is 0 Å². The molecule has 0 bridgehead atoms. The lowest BCUT2D eigenvalue weighted by Gasteiger charge is -2.17. The zero-order valence-electron chi connectivity index (χ0n) is 14.0. The van der Waals surface area contributed by atoms with Gasteiger partial charge in [0, 0.05) is 25.4 Å². The van der Waals surface area contributed by atoms with Gasteiger partial charge in [-0.25, -0.2) is 0 Å². The molecule has 0 spiro atoms. The maximum Gasteiger partial charge on any atom is 0.220 e. The standard InChI is InChI=1S/C16H32N2O3/c1-5-6-7-8-9-10-16(20)18-14(3)12-21-11-13(2)17-15(4)19/h13-14H,5-12H2,1-4H3,(H,17,19)(H,18,20). The highest BCUT2D eigenvalue weighted by molar-refractivity contribution is 5.76. The van der Waals surface area contributed by atoms with E-state index in [9.17, 15) is 9.59 Å². The van der Waals surface area contributed by atoms with E-state index >= 15 is 0 Å². The van der Waals surface area contributed by atoms with Gasteiger partial charge >= 0.3 is 0 Å². The summed E-state index contributed by atoms with van der Waals surface area (Å²) in [5, 5.41) is 5.68. The minimum absolute atomic E-state index is 0.00216. The van der Waals surface area contributed by atoms with Crippen LogP contribution in [0.4, 0.5) is 0 Å². The third-order valence-corrected chi connectivity index (χ3v) is 3.10. The Morgan fingerprint density at radius 3 is 2.10 bits per heavy atom. The summed E-state index contributed by atoms with van der Waals surface area (Å²) in [7, 11) is 0. The van der Waals surface area contributed by atoms with Crippen LogP contribution in [0.25, 0.3) is 0 Å². The third kappa shape index (κ3) is 13.6. The van der Waals surface area contributed by atoms with Crippen LogP contribution in [0.3, 0.4) is 0 Å². The van der Waals surface area contributed by atoms with Gasteiger partial charge < -0.3 is 15.4 Å². The van der Waals surface area contributed by atoms with E-state index in [1.165, 1.54) is 26.2 Å². The molecule has 2 atom stereocenters. The number of carbonyl (C=O) groups is 2. The number of ether oxygens (including phenoxy) is 1. The van der Waals surface area contributed by atoms with Gasteiger partial charge in [-0.1, -0.05) is 32.6 Å². The van der Waals surface area contributed by atoms with Gasteiger partial charge in [0.25, 0.3) is 0 Å². The third-order valence-electron chi connectivity index (χ3n) is 3.10. The van der Waals surface area contributed by atoms with Crippen LogP contribution in [0.5, 0.6) is 0 Å². The number of amides is 2. The zero-order chi connectivity index (χ0) is 16.1. The number of rotatable bonds is 12. The molecule has 0 aliphatic heterocycles. The SMILES string of the molecule is CCCCCCCC(=O)NC(C)COCC(C)NC(C)=O. The maximum atomic E-state index is 11.7. The van der Waals surface area contributed by atoms with E-state index in [2.05, 4.69) is 17.6 Å².